The van der Waals surface area contributed by atoms with Crippen molar-refractivity contribution < 1.29 is 4.79 Å². The molecule has 1 N–H and O–H groups in total. The molecule has 0 spiro atoms. The molecule has 102 valence electrons. The summed E-state index contributed by atoms with van der Waals surface area (Å²) in [6.07, 6.45) is 4.45. The molecule has 1 amide bonds. The molecule has 0 radical (unpaired) electrons. The molecule has 4 nitrogen and oxygen atoms in total. The molecular formula is C12H14BrN3OS2. The van der Waals surface area contributed by atoms with E-state index in [9.17, 15) is 4.79 Å². The van der Waals surface area contributed by atoms with Gasteiger partial charge < -0.3 is 0 Å². The van der Waals surface area contributed by atoms with Crippen LogP contribution in [0, 0.1) is 0 Å². The second-order valence-electron chi connectivity index (χ2n) is 4.02. The highest BCUT2D eigenvalue weighted by Gasteiger charge is 2.11. The van der Waals surface area contributed by atoms with E-state index >= 15 is 0 Å². The summed E-state index contributed by atoms with van der Waals surface area (Å²) in [6.45, 7) is 2.17. The highest BCUT2D eigenvalue weighted by Crippen LogP contribution is 2.24. The summed E-state index contributed by atoms with van der Waals surface area (Å²) in [6, 6.07) is 3.64. The first-order valence-corrected chi connectivity index (χ1v) is 8.50. The maximum atomic E-state index is 11.9. The number of nitrogens with one attached hydrogen (secondary N) is 1. The Bertz CT molecular complexity index is 553. The lowest BCUT2D eigenvalue weighted by atomic mass is 10.2. The van der Waals surface area contributed by atoms with E-state index in [0.717, 1.165) is 21.6 Å². The van der Waals surface area contributed by atoms with E-state index in [2.05, 4.69) is 38.4 Å². The predicted octanol–water partition coefficient (Wildman–Crippen LogP) is 4.35. The number of hydrogen-bond acceptors (Lipinski definition) is 5. The summed E-state index contributed by atoms with van der Waals surface area (Å²) in [4.78, 5) is 12.6. The van der Waals surface area contributed by atoms with Crippen LogP contribution in [0.4, 0.5) is 5.13 Å². The molecule has 0 saturated carbocycles. The predicted molar refractivity (Wildman–Crippen MR) is 83.1 cm³/mol. The zero-order valence-corrected chi connectivity index (χ0v) is 13.7. The lowest BCUT2D eigenvalue weighted by Gasteiger charge is -1.96. The van der Waals surface area contributed by atoms with Crippen molar-refractivity contribution in [3.63, 3.8) is 0 Å². The van der Waals surface area contributed by atoms with Crippen LogP contribution in [0.5, 0.6) is 0 Å². The smallest absolute Gasteiger partial charge is 0.267 e. The molecule has 2 rings (SSSR count). The molecular weight excluding hydrogens is 346 g/mol. The van der Waals surface area contributed by atoms with Gasteiger partial charge in [0.25, 0.3) is 5.91 Å². The highest BCUT2D eigenvalue weighted by molar-refractivity contribution is 9.11. The minimum Gasteiger partial charge on any atom is -0.296 e. The maximum absolute atomic E-state index is 11.9. The van der Waals surface area contributed by atoms with E-state index in [4.69, 9.17) is 0 Å². The number of anilines is 1. The van der Waals surface area contributed by atoms with Crippen LogP contribution in [0.3, 0.4) is 0 Å². The van der Waals surface area contributed by atoms with Crippen LogP contribution in [0.1, 0.15) is 40.9 Å². The van der Waals surface area contributed by atoms with Crippen molar-refractivity contribution in [1.29, 1.82) is 0 Å². The Labute approximate surface area is 128 Å². The van der Waals surface area contributed by atoms with E-state index in [1.807, 2.05) is 6.07 Å². The molecule has 0 aliphatic rings. The third-order valence-corrected chi connectivity index (χ3v) is 5.00. The Kier molecular flexibility index (Phi) is 5.47. The van der Waals surface area contributed by atoms with E-state index in [0.29, 0.717) is 10.0 Å². The summed E-state index contributed by atoms with van der Waals surface area (Å²) < 4.78 is 0.940. The van der Waals surface area contributed by atoms with Crippen LogP contribution in [0.25, 0.3) is 0 Å². The molecule has 0 aromatic carbocycles. The zero-order valence-electron chi connectivity index (χ0n) is 10.5. The number of thiophene rings is 1. The average molecular weight is 360 g/mol. The second kappa shape index (κ2) is 7.12. The van der Waals surface area contributed by atoms with Gasteiger partial charge in [-0.2, -0.15) is 0 Å². The molecule has 0 bridgehead atoms. The lowest BCUT2D eigenvalue weighted by molar-refractivity contribution is 0.103. The van der Waals surface area contributed by atoms with E-state index in [1.165, 1.54) is 35.5 Å². The van der Waals surface area contributed by atoms with Crippen LogP contribution in [0.15, 0.2) is 15.9 Å². The monoisotopic (exact) mass is 359 g/mol. The van der Waals surface area contributed by atoms with Crippen LogP contribution in [0.2, 0.25) is 0 Å². The largest absolute Gasteiger partial charge is 0.296 e. The summed E-state index contributed by atoms with van der Waals surface area (Å²) in [7, 11) is 0. The molecule has 0 saturated heterocycles. The summed E-state index contributed by atoms with van der Waals surface area (Å²) in [5.41, 5.74) is 0. The number of aromatic nitrogens is 2. The lowest BCUT2D eigenvalue weighted by Crippen LogP contribution is -2.09. The van der Waals surface area contributed by atoms with Gasteiger partial charge >= 0.3 is 0 Å². The fourth-order valence-corrected chi connectivity index (χ4v) is 3.58. The van der Waals surface area contributed by atoms with Crippen molar-refractivity contribution in [1.82, 2.24) is 10.2 Å². The molecule has 0 unspecified atom stereocenters. The maximum Gasteiger partial charge on any atom is 0.267 e. The summed E-state index contributed by atoms with van der Waals surface area (Å²) >= 11 is 6.19. The molecule has 2 aromatic rings. The number of halogens is 1. The molecule has 0 aliphatic carbocycles. The van der Waals surface area contributed by atoms with E-state index in [1.54, 1.807) is 6.07 Å². The topological polar surface area (TPSA) is 54.9 Å². The first kappa shape index (κ1) is 14.6. The molecule has 2 aromatic heterocycles. The Morgan fingerprint density at radius 3 is 2.84 bits per heavy atom. The minimum absolute atomic E-state index is 0.132. The van der Waals surface area contributed by atoms with Crippen LogP contribution in [-0.4, -0.2) is 16.1 Å². The number of unbranched alkanes of at least 4 members (excludes halogenated alkanes) is 2. The first-order valence-electron chi connectivity index (χ1n) is 6.08. The number of hydrogen-bond donors (Lipinski definition) is 1. The molecule has 0 atom stereocenters. The fourth-order valence-electron chi connectivity index (χ4n) is 1.53. The second-order valence-corrected chi connectivity index (χ2v) is 7.54. The third kappa shape index (κ3) is 4.36. The fraction of sp³-hybridized carbons (Fsp3) is 0.417. The quantitative estimate of drug-likeness (QED) is 0.780. The van der Waals surface area contributed by atoms with Crippen molar-refractivity contribution in [3.05, 3.63) is 25.8 Å². The number of carbonyl (C=O) groups excluding carboxylic acids is 1. The molecule has 2 heterocycles. The normalized spacial score (nSPS) is 10.6. The molecule has 7 heteroatoms. The van der Waals surface area contributed by atoms with Gasteiger partial charge in [-0.15, -0.1) is 21.5 Å². The summed E-state index contributed by atoms with van der Waals surface area (Å²) in [5.74, 6) is -0.132. The number of aryl methyl sites for hydroxylation is 1. The Balaban J connectivity index is 1.90. The average Bonchev–Trinajstić information content (AvgIpc) is 2.99. The van der Waals surface area contributed by atoms with Crippen molar-refractivity contribution in [2.75, 3.05) is 5.32 Å². The SMILES string of the molecule is CCCCCc1nnc(NC(=O)c2ccc(Br)s2)s1. The van der Waals surface area contributed by atoms with Crippen molar-refractivity contribution in [2.45, 2.75) is 32.6 Å². The number of nitrogens with zero attached hydrogens (tertiary/aromatic N) is 2. The van der Waals surface area contributed by atoms with Gasteiger partial charge in [-0.3, -0.25) is 10.1 Å². The van der Waals surface area contributed by atoms with Crippen LogP contribution < -0.4 is 5.32 Å². The molecule has 0 fully saturated rings. The number of carbonyl (C=O) groups is 1. The van der Waals surface area contributed by atoms with Gasteiger partial charge in [0.15, 0.2) is 0 Å². The highest BCUT2D eigenvalue weighted by atomic mass is 79.9. The Hall–Kier alpha value is -0.790. The number of rotatable bonds is 6. The third-order valence-electron chi connectivity index (χ3n) is 2.48. The zero-order chi connectivity index (χ0) is 13.7. The van der Waals surface area contributed by atoms with Gasteiger partial charge in [-0.1, -0.05) is 31.1 Å². The first-order chi connectivity index (χ1) is 9.19. The van der Waals surface area contributed by atoms with Gasteiger partial charge in [0.1, 0.15) is 5.01 Å². The van der Waals surface area contributed by atoms with E-state index in [-0.39, 0.29) is 5.91 Å². The Morgan fingerprint density at radius 1 is 1.32 bits per heavy atom. The Morgan fingerprint density at radius 2 is 2.16 bits per heavy atom. The minimum atomic E-state index is -0.132. The van der Waals surface area contributed by atoms with Crippen LogP contribution in [-0.2, 0) is 6.42 Å². The van der Waals surface area contributed by atoms with Gasteiger partial charge in [0.2, 0.25) is 5.13 Å². The van der Waals surface area contributed by atoms with Crippen molar-refractivity contribution in [3.8, 4) is 0 Å². The van der Waals surface area contributed by atoms with E-state index < -0.39 is 0 Å². The van der Waals surface area contributed by atoms with Crippen molar-refractivity contribution in [2.24, 2.45) is 0 Å². The molecule has 0 aliphatic heterocycles. The molecule has 19 heavy (non-hydrogen) atoms. The van der Waals surface area contributed by atoms with Crippen LogP contribution >= 0.6 is 38.6 Å². The van der Waals surface area contributed by atoms with Gasteiger partial charge in [-0.25, -0.2) is 0 Å². The number of amides is 1. The standard InChI is InChI=1S/C12H14BrN3OS2/c1-2-3-4-5-10-15-16-12(19-10)14-11(17)8-6-7-9(13)18-8/h6-7H,2-5H2,1H3,(H,14,16,17). The van der Waals surface area contributed by atoms with Gasteiger partial charge in [0.05, 0.1) is 8.66 Å². The summed E-state index contributed by atoms with van der Waals surface area (Å²) in [5, 5.41) is 12.4. The van der Waals surface area contributed by atoms with Crippen molar-refractivity contribution >= 4 is 49.6 Å². The van der Waals surface area contributed by atoms with Gasteiger partial charge in [-0.05, 0) is 34.5 Å². The van der Waals surface area contributed by atoms with Gasteiger partial charge in [0, 0.05) is 6.42 Å².